The zero-order chi connectivity index (χ0) is 16.4. The highest BCUT2D eigenvalue weighted by atomic mass is 35.5. The lowest BCUT2D eigenvalue weighted by molar-refractivity contribution is 0.134. The third kappa shape index (κ3) is 3.54. The van der Waals surface area contributed by atoms with Crippen LogP contribution in [0.25, 0.3) is 0 Å². The summed E-state index contributed by atoms with van der Waals surface area (Å²) in [5.41, 5.74) is 0. The maximum Gasteiger partial charge on any atom is 0.276 e. The van der Waals surface area contributed by atoms with Crippen molar-refractivity contribution in [2.45, 2.75) is 31.0 Å². The minimum absolute atomic E-state index is 0.000437. The molecule has 0 unspecified atom stereocenters. The zero-order valence-electron chi connectivity index (χ0n) is 12.7. The molecule has 5 nitrogen and oxygen atoms in total. The number of aryl methyl sites for hydroxylation is 1. The van der Waals surface area contributed by atoms with Crippen molar-refractivity contribution in [2.24, 2.45) is 0 Å². The molecule has 1 aromatic heterocycles. The van der Waals surface area contributed by atoms with Gasteiger partial charge in [-0.15, -0.1) is 0 Å². The lowest BCUT2D eigenvalue weighted by atomic mass is 10.1. The first-order valence-corrected chi connectivity index (χ1v) is 9.26. The SMILES string of the molecule is Cc1ccc(S(=O)(=O)N2CCC(Oc3ccccc3Cl)CC2)o1. The van der Waals surface area contributed by atoms with Gasteiger partial charge in [0.1, 0.15) is 17.6 Å². The van der Waals surface area contributed by atoms with E-state index in [1.165, 1.54) is 10.4 Å². The Morgan fingerprint density at radius 1 is 1.17 bits per heavy atom. The van der Waals surface area contributed by atoms with Crippen LogP contribution in [0.3, 0.4) is 0 Å². The lowest BCUT2D eigenvalue weighted by Gasteiger charge is -2.30. The van der Waals surface area contributed by atoms with E-state index in [0.29, 0.717) is 42.5 Å². The highest BCUT2D eigenvalue weighted by molar-refractivity contribution is 7.89. The summed E-state index contributed by atoms with van der Waals surface area (Å²) in [6, 6.07) is 10.4. The van der Waals surface area contributed by atoms with Crippen LogP contribution in [0.5, 0.6) is 5.75 Å². The van der Waals surface area contributed by atoms with Crippen LogP contribution in [-0.4, -0.2) is 31.9 Å². The number of nitrogens with zero attached hydrogens (tertiary/aromatic N) is 1. The summed E-state index contributed by atoms with van der Waals surface area (Å²) in [4.78, 5) is 0. The summed E-state index contributed by atoms with van der Waals surface area (Å²) < 4.78 is 37.6. The van der Waals surface area contributed by atoms with E-state index >= 15 is 0 Å². The van der Waals surface area contributed by atoms with E-state index in [-0.39, 0.29) is 11.2 Å². The van der Waals surface area contributed by atoms with Crippen LogP contribution < -0.4 is 4.74 Å². The van der Waals surface area contributed by atoms with Gasteiger partial charge in [-0.1, -0.05) is 23.7 Å². The van der Waals surface area contributed by atoms with E-state index in [2.05, 4.69) is 0 Å². The van der Waals surface area contributed by atoms with Gasteiger partial charge in [-0.05, 0) is 44.0 Å². The van der Waals surface area contributed by atoms with Gasteiger partial charge >= 0.3 is 0 Å². The molecule has 2 heterocycles. The fourth-order valence-corrected chi connectivity index (χ4v) is 4.19. The van der Waals surface area contributed by atoms with Gasteiger partial charge in [0.25, 0.3) is 10.0 Å². The summed E-state index contributed by atoms with van der Waals surface area (Å²) in [6.07, 6.45) is 1.19. The molecule has 1 aliphatic rings. The molecule has 0 radical (unpaired) electrons. The molecule has 0 N–H and O–H groups in total. The molecule has 0 atom stereocenters. The Bertz CT molecular complexity index is 779. The van der Waals surface area contributed by atoms with Crippen molar-refractivity contribution in [3.8, 4) is 5.75 Å². The van der Waals surface area contributed by atoms with Crippen LogP contribution in [0.15, 0.2) is 45.9 Å². The van der Waals surface area contributed by atoms with Crippen molar-refractivity contribution in [1.82, 2.24) is 4.31 Å². The van der Waals surface area contributed by atoms with Gasteiger partial charge in [0, 0.05) is 13.1 Å². The van der Waals surface area contributed by atoms with Crippen LogP contribution in [0.4, 0.5) is 0 Å². The van der Waals surface area contributed by atoms with Crippen molar-refractivity contribution in [2.75, 3.05) is 13.1 Å². The third-order valence-electron chi connectivity index (χ3n) is 3.84. The molecule has 0 saturated carbocycles. The van der Waals surface area contributed by atoms with Gasteiger partial charge in [0.2, 0.25) is 5.09 Å². The van der Waals surface area contributed by atoms with Crippen LogP contribution in [0.2, 0.25) is 5.02 Å². The number of para-hydroxylation sites is 1. The second kappa shape index (κ2) is 6.55. The molecule has 0 bridgehead atoms. The van der Waals surface area contributed by atoms with Crippen LogP contribution in [0.1, 0.15) is 18.6 Å². The lowest BCUT2D eigenvalue weighted by Crippen LogP contribution is -2.41. The van der Waals surface area contributed by atoms with E-state index in [0.717, 1.165) is 0 Å². The van der Waals surface area contributed by atoms with E-state index in [4.69, 9.17) is 20.8 Å². The summed E-state index contributed by atoms with van der Waals surface area (Å²) in [5.74, 6) is 1.22. The molecule has 1 aliphatic heterocycles. The predicted molar refractivity (Wildman–Crippen MR) is 87.3 cm³/mol. The first kappa shape index (κ1) is 16.4. The smallest absolute Gasteiger partial charge is 0.276 e. The average Bonchev–Trinajstić information content (AvgIpc) is 2.98. The summed E-state index contributed by atoms with van der Waals surface area (Å²) in [7, 11) is -3.56. The maximum atomic E-state index is 12.5. The van der Waals surface area contributed by atoms with Crippen LogP contribution in [0, 0.1) is 6.92 Å². The first-order chi connectivity index (χ1) is 11.0. The molecule has 124 valence electrons. The number of hydrogen-bond donors (Lipinski definition) is 0. The summed E-state index contributed by atoms with van der Waals surface area (Å²) in [6.45, 7) is 2.52. The monoisotopic (exact) mass is 355 g/mol. The number of furan rings is 1. The van der Waals surface area contributed by atoms with Crippen molar-refractivity contribution in [3.05, 3.63) is 47.2 Å². The number of benzene rings is 1. The van der Waals surface area contributed by atoms with Crippen molar-refractivity contribution in [1.29, 1.82) is 0 Å². The molecule has 0 amide bonds. The Hall–Kier alpha value is -1.50. The standard InChI is InChI=1S/C16H18ClNO4S/c1-12-6-7-16(21-12)23(19,20)18-10-8-13(9-11-18)22-15-5-3-2-4-14(15)17/h2-7,13H,8-11H2,1H3. The Kier molecular flexibility index (Phi) is 4.66. The fourth-order valence-electron chi connectivity index (χ4n) is 2.59. The Labute approximate surface area is 140 Å². The van der Waals surface area contributed by atoms with Gasteiger partial charge in [-0.3, -0.25) is 0 Å². The van der Waals surface area contributed by atoms with Gasteiger partial charge in [-0.2, -0.15) is 4.31 Å². The van der Waals surface area contributed by atoms with Crippen molar-refractivity contribution in [3.63, 3.8) is 0 Å². The Balaban J connectivity index is 1.63. The van der Waals surface area contributed by atoms with Crippen molar-refractivity contribution < 1.29 is 17.6 Å². The minimum atomic E-state index is -3.56. The number of halogens is 1. The maximum absolute atomic E-state index is 12.5. The Morgan fingerprint density at radius 3 is 2.48 bits per heavy atom. The second-order valence-corrected chi connectivity index (χ2v) is 7.79. The average molecular weight is 356 g/mol. The summed E-state index contributed by atoms with van der Waals surface area (Å²) >= 11 is 6.08. The molecule has 7 heteroatoms. The van der Waals surface area contributed by atoms with Gasteiger partial charge < -0.3 is 9.15 Å². The first-order valence-electron chi connectivity index (χ1n) is 7.44. The minimum Gasteiger partial charge on any atom is -0.489 e. The fraction of sp³-hybridized carbons (Fsp3) is 0.375. The van der Waals surface area contributed by atoms with E-state index in [9.17, 15) is 8.42 Å². The largest absolute Gasteiger partial charge is 0.489 e. The topological polar surface area (TPSA) is 59.8 Å². The van der Waals surface area contributed by atoms with Crippen molar-refractivity contribution >= 4 is 21.6 Å². The normalized spacial score (nSPS) is 17.3. The van der Waals surface area contributed by atoms with E-state index < -0.39 is 10.0 Å². The second-order valence-electron chi connectivity index (χ2n) is 5.52. The molecule has 2 aromatic rings. The quantitative estimate of drug-likeness (QED) is 0.842. The van der Waals surface area contributed by atoms with Gasteiger partial charge in [0.15, 0.2) is 0 Å². The highest BCUT2D eigenvalue weighted by Crippen LogP contribution is 2.28. The molecular weight excluding hydrogens is 338 g/mol. The third-order valence-corrected chi connectivity index (χ3v) is 5.93. The summed E-state index contributed by atoms with van der Waals surface area (Å²) in [5, 5.41) is 0.564. The molecule has 23 heavy (non-hydrogen) atoms. The number of hydrogen-bond acceptors (Lipinski definition) is 4. The highest BCUT2D eigenvalue weighted by Gasteiger charge is 2.32. The zero-order valence-corrected chi connectivity index (χ0v) is 14.3. The van der Waals surface area contributed by atoms with E-state index in [1.807, 2.05) is 18.2 Å². The molecule has 1 fully saturated rings. The van der Waals surface area contributed by atoms with E-state index in [1.54, 1.807) is 19.1 Å². The number of sulfonamides is 1. The Morgan fingerprint density at radius 2 is 1.87 bits per heavy atom. The van der Waals surface area contributed by atoms with Gasteiger partial charge in [0.05, 0.1) is 5.02 Å². The molecule has 1 saturated heterocycles. The van der Waals surface area contributed by atoms with Gasteiger partial charge in [-0.25, -0.2) is 8.42 Å². The molecule has 1 aromatic carbocycles. The molecule has 0 aliphatic carbocycles. The molecule has 3 rings (SSSR count). The number of ether oxygens (including phenoxy) is 1. The molecular formula is C16H18ClNO4S. The number of rotatable bonds is 4. The van der Waals surface area contributed by atoms with Crippen LogP contribution in [-0.2, 0) is 10.0 Å². The predicted octanol–water partition coefficient (Wildman–Crippen LogP) is 3.47. The van der Waals surface area contributed by atoms with Crippen LogP contribution >= 0.6 is 11.6 Å². The number of piperidine rings is 1. The molecule has 0 spiro atoms.